The van der Waals surface area contributed by atoms with Crippen LogP contribution in [-0.4, -0.2) is 25.2 Å². The van der Waals surface area contributed by atoms with Crippen LogP contribution >= 0.6 is 11.8 Å². The summed E-state index contributed by atoms with van der Waals surface area (Å²) in [6.07, 6.45) is 0. The number of carbonyl (C=O) groups excluding carboxylic acids is 1. The van der Waals surface area contributed by atoms with Gasteiger partial charge in [-0.05, 0) is 48.9 Å². The third-order valence-electron chi connectivity index (χ3n) is 5.31. The van der Waals surface area contributed by atoms with Crippen LogP contribution in [0.5, 0.6) is 0 Å². The molecule has 1 N–H and O–H groups in total. The molecule has 0 fully saturated rings. The Morgan fingerprint density at radius 2 is 1.40 bits per heavy atom. The first-order valence-electron chi connectivity index (χ1n) is 11.1. The number of aryl methyl sites for hydroxylation is 1. The third-order valence-corrected chi connectivity index (χ3v) is 8.20. The van der Waals surface area contributed by atoms with Crippen molar-refractivity contribution in [2.75, 3.05) is 11.9 Å². The summed E-state index contributed by atoms with van der Waals surface area (Å²) in [7, 11) is -3.89. The van der Waals surface area contributed by atoms with Crippen molar-refractivity contribution >= 4 is 33.4 Å². The van der Waals surface area contributed by atoms with Crippen LogP contribution in [-0.2, 0) is 21.4 Å². The molecule has 4 aromatic rings. The number of sulfonamides is 1. The molecule has 5 nitrogen and oxygen atoms in total. The Kier molecular flexibility index (Phi) is 8.02. The van der Waals surface area contributed by atoms with E-state index < -0.39 is 15.9 Å². The quantitative estimate of drug-likeness (QED) is 0.306. The van der Waals surface area contributed by atoms with Crippen molar-refractivity contribution in [1.82, 2.24) is 4.31 Å². The second-order valence-corrected chi connectivity index (χ2v) is 11.1. The molecule has 0 bridgehead atoms. The highest BCUT2D eigenvalue weighted by Crippen LogP contribution is 2.33. The molecule has 0 atom stereocenters. The molecule has 0 unspecified atom stereocenters. The number of amides is 1. The molecular weight excluding hydrogens is 476 g/mol. The maximum absolute atomic E-state index is 13.4. The van der Waals surface area contributed by atoms with Crippen molar-refractivity contribution in [3.8, 4) is 0 Å². The average Bonchev–Trinajstić information content (AvgIpc) is 2.87. The maximum Gasteiger partial charge on any atom is 0.243 e. The van der Waals surface area contributed by atoms with Crippen LogP contribution in [0.1, 0.15) is 11.1 Å². The lowest BCUT2D eigenvalue weighted by Crippen LogP contribution is -2.37. The lowest BCUT2D eigenvalue weighted by atomic mass is 10.1. The number of carbonyl (C=O) groups is 1. The van der Waals surface area contributed by atoms with Gasteiger partial charge in [-0.25, -0.2) is 8.42 Å². The predicted octanol–water partition coefficient (Wildman–Crippen LogP) is 5.98. The number of nitrogens with one attached hydrogen (secondary N) is 1. The molecule has 0 radical (unpaired) electrons. The summed E-state index contributed by atoms with van der Waals surface area (Å²) >= 11 is 1.53. The Bertz CT molecular complexity index is 1370. The molecule has 0 spiro atoms. The molecule has 0 aliphatic heterocycles. The van der Waals surface area contributed by atoms with Crippen molar-refractivity contribution in [1.29, 1.82) is 0 Å². The van der Waals surface area contributed by atoms with Gasteiger partial charge >= 0.3 is 0 Å². The number of para-hydroxylation sites is 1. The van der Waals surface area contributed by atoms with Gasteiger partial charge in [0.25, 0.3) is 0 Å². The molecule has 0 saturated heterocycles. The minimum Gasteiger partial charge on any atom is -0.324 e. The second-order valence-electron chi connectivity index (χ2n) is 8.03. The van der Waals surface area contributed by atoms with Crippen LogP contribution in [0.2, 0.25) is 0 Å². The average molecular weight is 503 g/mol. The summed E-state index contributed by atoms with van der Waals surface area (Å²) in [5, 5.41) is 2.91. The van der Waals surface area contributed by atoms with Crippen LogP contribution in [0.15, 0.2) is 124 Å². The van der Waals surface area contributed by atoms with Gasteiger partial charge in [-0.1, -0.05) is 90.1 Å². The van der Waals surface area contributed by atoms with Crippen LogP contribution in [0, 0.1) is 6.92 Å². The predicted molar refractivity (Wildman–Crippen MR) is 141 cm³/mol. The van der Waals surface area contributed by atoms with Crippen LogP contribution in [0.3, 0.4) is 0 Å². The smallest absolute Gasteiger partial charge is 0.243 e. The van der Waals surface area contributed by atoms with Gasteiger partial charge in [-0.2, -0.15) is 4.31 Å². The minimum atomic E-state index is -3.89. The number of rotatable bonds is 9. The van der Waals surface area contributed by atoms with Crippen LogP contribution < -0.4 is 5.32 Å². The molecule has 7 heteroatoms. The molecular formula is C28H26N2O3S2. The topological polar surface area (TPSA) is 66.5 Å². The van der Waals surface area contributed by atoms with E-state index in [9.17, 15) is 13.2 Å². The highest BCUT2D eigenvalue weighted by molar-refractivity contribution is 7.99. The fourth-order valence-corrected chi connectivity index (χ4v) is 5.82. The van der Waals surface area contributed by atoms with Gasteiger partial charge in [0.1, 0.15) is 0 Å². The molecule has 0 aromatic heterocycles. The van der Waals surface area contributed by atoms with E-state index in [4.69, 9.17) is 0 Å². The van der Waals surface area contributed by atoms with E-state index in [1.54, 1.807) is 30.3 Å². The van der Waals surface area contributed by atoms with E-state index in [-0.39, 0.29) is 18.0 Å². The number of benzene rings is 4. The Morgan fingerprint density at radius 3 is 2.09 bits per heavy atom. The van der Waals surface area contributed by atoms with Gasteiger partial charge in [0.15, 0.2) is 0 Å². The second kappa shape index (κ2) is 11.4. The fraction of sp³-hybridized carbons (Fsp3) is 0.107. The first kappa shape index (κ1) is 24.7. The van der Waals surface area contributed by atoms with E-state index in [2.05, 4.69) is 5.32 Å². The van der Waals surface area contributed by atoms with E-state index in [1.807, 2.05) is 85.8 Å². The van der Waals surface area contributed by atoms with Crippen molar-refractivity contribution < 1.29 is 13.2 Å². The summed E-state index contributed by atoms with van der Waals surface area (Å²) in [6.45, 7) is 1.75. The largest absolute Gasteiger partial charge is 0.324 e. The van der Waals surface area contributed by atoms with Gasteiger partial charge in [-0.15, -0.1) is 0 Å². The monoisotopic (exact) mass is 502 g/mol. The van der Waals surface area contributed by atoms with E-state index in [1.165, 1.54) is 16.1 Å². The zero-order valence-corrected chi connectivity index (χ0v) is 20.9. The Labute approximate surface area is 210 Å². The molecule has 0 heterocycles. The maximum atomic E-state index is 13.4. The summed E-state index contributed by atoms with van der Waals surface area (Å²) in [5.41, 5.74) is 2.53. The van der Waals surface area contributed by atoms with Crippen molar-refractivity contribution in [3.63, 3.8) is 0 Å². The van der Waals surface area contributed by atoms with E-state index in [0.717, 1.165) is 20.9 Å². The van der Waals surface area contributed by atoms with Gasteiger partial charge in [0, 0.05) is 16.3 Å². The zero-order chi connectivity index (χ0) is 24.7. The molecule has 4 aromatic carbocycles. The third kappa shape index (κ3) is 6.60. The summed E-state index contributed by atoms with van der Waals surface area (Å²) in [6, 6.07) is 33.2. The number of nitrogens with zero attached hydrogens (tertiary/aromatic N) is 1. The molecule has 178 valence electrons. The highest BCUT2D eigenvalue weighted by Gasteiger charge is 2.27. The lowest BCUT2D eigenvalue weighted by molar-refractivity contribution is -0.116. The van der Waals surface area contributed by atoms with Gasteiger partial charge < -0.3 is 5.32 Å². The Balaban J connectivity index is 1.56. The SMILES string of the molecule is Cc1ccc(CN(CC(=O)Nc2ccccc2Sc2ccccc2)S(=O)(=O)c2ccccc2)cc1. The first-order valence-corrected chi connectivity index (χ1v) is 13.4. The molecule has 0 aliphatic rings. The first-order chi connectivity index (χ1) is 16.9. The molecule has 35 heavy (non-hydrogen) atoms. The normalized spacial score (nSPS) is 11.4. The van der Waals surface area contributed by atoms with E-state index in [0.29, 0.717) is 5.69 Å². The molecule has 0 aliphatic carbocycles. The highest BCUT2D eigenvalue weighted by atomic mass is 32.2. The van der Waals surface area contributed by atoms with Crippen molar-refractivity contribution in [3.05, 3.63) is 120 Å². The van der Waals surface area contributed by atoms with Crippen LogP contribution in [0.25, 0.3) is 0 Å². The van der Waals surface area contributed by atoms with Gasteiger partial charge in [0.05, 0.1) is 17.1 Å². The summed E-state index contributed by atoms with van der Waals surface area (Å²) in [4.78, 5) is 15.2. The van der Waals surface area contributed by atoms with Crippen LogP contribution in [0.4, 0.5) is 5.69 Å². The number of hydrogen-bond acceptors (Lipinski definition) is 4. The molecule has 1 amide bonds. The fourth-order valence-electron chi connectivity index (χ4n) is 3.49. The number of anilines is 1. The van der Waals surface area contributed by atoms with Gasteiger partial charge in [0.2, 0.25) is 15.9 Å². The molecule has 0 saturated carbocycles. The zero-order valence-electron chi connectivity index (χ0n) is 19.3. The standard InChI is InChI=1S/C28H26N2O3S2/c1-22-16-18-23(19-17-22)20-30(35(32,33)25-12-6-3-7-13-25)21-28(31)29-26-14-8-9-15-27(26)34-24-10-4-2-5-11-24/h2-19H,20-21H2,1H3,(H,29,31). The minimum absolute atomic E-state index is 0.0886. The summed E-state index contributed by atoms with van der Waals surface area (Å²) in [5.74, 6) is -0.405. The molecule has 4 rings (SSSR count). The Morgan fingerprint density at radius 1 is 0.800 bits per heavy atom. The Hall–Kier alpha value is -3.39. The van der Waals surface area contributed by atoms with E-state index >= 15 is 0 Å². The lowest BCUT2D eigenvalue weighted by Gasteiger charge is -2.22. The van der Waals surface area contributed by atoms with Gasteiger partial charge in [-0.3, -0.25) is 4.79 Å². The van der Waals surface area contributed by atoms with Crippen molar-refractivity contribution in [2.24, 2.45) is 0 Å². The summed E-state index contributed by atoms with van der Waals surface area (Å²) < 4.78 is 28.1. The van der Waals surface area contributed by atoms with Crippen molar-refractivity contribution in [2.45, 2.75) is 28.2 Å². The number of hydrogen-bond donors (Lipinski definition) is 1.